The number of carbonyl (C=O) groups is 1. The zero-order valence-electron chi connectivity index (χ0n) is 11.3. The highest BCUT2D eigenvalue weighted by molar-refractivity contribution is 7.20. The summed E-state index contributed by atoms with van der Waals surface area (Å²) in [5.74, 6) is -0.00911. The van der Waals surface area contributed by atoms with Crippen molar-refractivity contribution in [2.24, 2.45) is 0 Å². The van der Waals surface area contributed by atoms with Gasteiger partial charge >= 0.3 is 0 Å². The summed E-state index contributed by atoms with van der Waals surface area (Å²) in [6, 6.07) is 17.7. The lowest BCUT2D eigenvalue weighted by atomic mass is 10.1. The van der Waals surface area contributed by atoms with E-state index in [2.05, 4.69) is 5.32 Å². The minimum atomic E-state index is -0.00911. The summed E-state index contributed by atoms with van der Waals surface area (Å²) >= 11 is 7.37. The number of halogens is 1. The molecule has 3 rings (SSSR count). The Morgan fingerprint density at radius 3 is 2.62 bits per heavy atom. The van der Waals surface area contributed by atoms with Gasteiger partial charge in [-0.1, -0.05) is 41.9 Å². The molecule has 4 heteroatoms. The van der Waals surface area contributed by atoms with Crippen molar-refractivity contribution in [1.82, 2.24) is 5.32 Å². The molecule has 0 atom stereocenters. The third-order valence-corrected chi connectivity index (χ3v) is 4.63. The highest BCUT2D eigenvalue weighted by atomic mass is 35.5. The van der Waals surface area contributed by atoms with Gasteiger partial charge in [0.25, 0.3) is 5.91 Å². The summed E-state index contributed by atoms with van der Waals surface area (Å²) in [6.45, 7) is 0.620. The van der Waals surface area contributed by atoms with E-state index in [-0.39, 0.29) is 5.91 Å². The van der Waals surface area contributed by atoms with Gasteiger partial charge in [0, 0.05) is 16.3 Å². The maximum absolute atomic E-state index is 12.1. The fourth-order valence-electron chi connectivity index (χ4n) is 2.15. The molecule has 106 valence electrons. The Kier molecular flexibility index (Phi) is 4.23. The van der Waals surface area contributed by atoms with Crippen LogP contribution in [0, 0.1) is 0 Å². The van der Waals surface area contributed by atoms with E-state index in [9.17, 15) is 4.79 Å². The molecule has 21 heavy (non-hydrogen) atoms. The van der Waals surface area contributed by atoms with E-state index in [1.165, 1.54) is 11.3 Å². The maximum atomic E-state index is 12.1. The predicted molar refractivity (Wildman–Crippen MR) is 89.3 cm³/mol. The molecule has 0 spiro atoms. The van der Waals surface area contributed by atoms with Crippen molar-refractivity contribution in [3.8, 4) is 0 Å². The van der Waals surface area contributed by atoms with Crippen molar-refractivity contribution in [3.63, 3.8) is 0 Å². The third-order valence-electron chi connectivity index (χ3n) is 3.26. The maximum Gasteiger partial charge on any atom is 0.261 e. The third kappa shape index (κ3) is 3.43. The molecule has 2 nitrogen and oxygen atoms in total. The van der Waals surface area contributed by atoms with Crippen LogP contribution in [0.25, 0.3) is 10.1 Å². The number of nitrogens with one attached hydrogen (secondary N) is 1. The molecule has 1 aromatic heterocycles. The van der Waals surface area contributed by atoms with E-state index >= 15 is 0 Å². The molecule has 0 bridgehead atoms. The lowest BCUT2D eigenvalue weighted by molar-refractivity contribution is 0.0958. The van der Waals surface area contributed by atoms with Crippen molar-refractivity contribution in [2.75, 3.05) is 6.54 Å². The smallest absolute Gasteiger partial charge is 0.261 e. The molecule has 1 N–H and O–H groups in total. The standard InChI is InChI=1S/C17H14ClNOS/c18-14-7-5-12(6-8-14)9-10-19-17(20)16-11-13-3-1-2-4-15(13)21-16/h1-8,11H,9-10H2,(H,19,20). The topological polar surface area (TPSA) is 29.1 Å². The van der Waals surface area contributed by atoms with Gasteiger partial charge in [-0.25, -0.2) is 0 Å². The average molecular weight is 316 g/mol. The first-order valence-corrected chi connectivity index (χ1v) is 7.93. The first-order valence-electron chi connectivity index (χ1n) is 6.73. The van der Waals surface area contributed by atoms with Gasteiger partial charge in [-0.15, -0.1) is 11.3 Å². The highest BCUT2D eigenvalue weighted by Gasteiger charge is 2.09. The zero-order chi connectivity index (χ0) is 14.7. The molecule has 0 unspecified atom stereocenters. The molecule has 0 saturated carbocycles. The molecule has 1 amide bonds. The van der Waals surface area contributed by atoms with Crippen LogP contribution in [0.15, 0.2) is 54.6 Å². The molecular formula is C17H14ClNOS. The van der Waals surface area contributed by atoms with E-state index in [1.54, 1.807) is 0 Å². The summed E-state index contributed by atoms with van der Waals surface area (Å²) in [7, 11) is 0. The van der Waals surface area contributed by atoms with Crippen LogP contribution < -0.4 is 5.32 Å². The number of benzene rings is 2. The number of carbonyl (C=O) groups excluding carboxylic acids is 1. The van der Waals surface area contributed by atoms with Gasteiger partial charge in [0.05, 0.1) is 4.88 Å². The first-order chi connectivity index (χ1) is 10.2. The summed E-state index contributed by atoms with van der Waals surface area (Å²) in [4.78, 5) is 12.9. The van der Waals surface area contributed by atoms with Crippen molar-refractivity contribution < 1.29 is 4.79 Å². The number of fused-ring (bicyclic) bond motifs is 1. The Hall–Kier alpha value is -1.84. The Bertz CT molecular complexity index is 731. The molecular weight excluding hydrogens is 302 g/mol. The van der Waals surface area contributed by atoms with Crippen molar-refractivity contribution in [2.45, 2.75) is 6.42 Å². The lowest BCUT2D eigenvalue weighted by Crippen LogP contribution is -2.24. The van der Waals surface area contributed by atoms with Crippen LogP contribution in [-0.2, 0) is 6.42 Å². The van der Waals surface area contributed by atoms with Gasteiger partial charge in [-0.2, -0.15) is 0 Å². The predicted octanol–water partition coefficient (Wildman–Crippen LogP) is 4.53. The monoisotopic (exact) mass is 315 g/mol. The van der Waals surface area contributed by atoms with E-state index in [0.29, 0.717) is 6.54 Å². The van der Waals surface area contributed by atoms with Crippen LogP contribution in [0.2, 0.25) is 5.02 Å². The molecule has 2 aromatic carbocycles. The number of amides is 1. The van der Waals surface area contributed by atoms with Crippen LogP contribution in [-0.4, -0.2) is 12.5 Å². The molecule has 0 aliphatic heterocycles. The van der Waals surface area contributed by atoms with Crippen molar-refractivity contribution in [3.05, 3.63) is 70.1 Å². The van der Waals surface area contributed by atoms with E-state index < -0.39 is 0 Å². The summed E-state index contributed by atoms with van der Waals surface area (Å²) in [5.41, 5.74) is 1.16. The van der Waals surface area contributed by atoms with E-state index in [4.69, 9.17) is 11.6 Å². The van der Waals surface area contributed by atoms with Crippen molar-refractivity contribution >= 4 is 38.9 Å². The minimum absolute atomic E-state index is 0.00911. The van der Waals surface area contributed by atoms with Crippen LogP contribution in [0.3, 0.4) is 0 Å². The zero-order valence-corrected chi connectivity index (χ0v) is 12.9. The molecule has 1 heterocycles. The summed E-state index contributed by atoms with van der Waals surface area (Å²) in [6.07, 6.45) is 0.799. The van der Waals surface area contributed by atoms with Gasteiger partial charge < -0.3 is 5.32 Å². The van der Waals surface area contributed by atoms with Gasteiger partial charge in [0.15, 0.2) is 0 Å². The normalized spacial score (nSPS) is 10.7. The second kappa shape index (κ2) is 6.29. The van der Waals surface area contributed by atoms with E-state index in [1.807, 2.05) is 54.6 Å². The average Bonchev–Trinajstić information content (AvgIpc) is 2.93. The SMILES string of the molecule is O=C(NCCc1ccc(Cl)cc1)c1cc2ccccc2s1. The molecule has 3 aromatic rings. The molecule has 0 saturated heterocycles. The van der Waals surface area contributed by atoms with Gasteiger partial charge in [0.1, 0.15) is 0 Å². The molecule has 0 fully saturated rings. The fourth-order valence-corrected chi connectivity index (χ4v) is 3.26. The fraction of sp³-hybridized carbons (Fsp3) is 0.118. The highest BCUT2D eigenvalue weighted by Crippen LogP contribution is 2.25. The Morgan fingerprint density at radius 2 is 1.86 bits per heavy atom. The minimum Gasteiger partial charge on any atom is -0.351 e. The van der Waals surface area contributed by atoms with Crippen LogP contribution in [0.1, 0.15) is 15.2 Å². The quantitative estimate of drug-likeness (QED) is 0.753. The van der Waals surface area contributed by atoms with Gasteiger partial charge in [0.2, 0.25) is 0 Å². The molecule has 0 aliphatic rings. The summed E-state index contributed by atoms with van der Waals surface area (Å²) in [5, 5.41) is 4.81. The first kappa shape index (κ1) is 14.1. The van der Waals surface area contributed by atoms with Crippen LogP contribution in [0.4, 0.5) is 0 Å². The van der Waals surface area contributed by atoms with Gasteiger partial charge in [-0.3, -0.25) is 4.79 Å². The lowest BCUT2D eigenvalue weighted by Gasteiger charge is -2.04. The summed E-state index contributed by atoms with van der Waals surface area (Å²) < 4.78 is 1.14. The Labute approximate surface area is 132 Å². The van der Waals surface area contributed by atoms with Gasteiger partial charge in [-0.05, 0) is 41.6 Å². The number of hydrogen-bond donors (Lipinski definition) is 1. The number of rotatable bonds is 4. The molecule has 0 radical (unpaired) electrons. The number of thiophene rings is 1. The van der Waals surface area contributed by atoms with Crippen LogP contribution >= 0.6 is 22.9 Å². The Morgan fingerprint density at radius 1 is 1.10 bits per heavy atom. The second-order valence-corrected chi connectivity index (χ2v) is 6.30. The van der Waals surface area contributed by atoms with Crippen molar-refractivity contribution in [1.29, 1.82) is 0 Å². The molecule has 0 aliphatic carbocycles. The number of hydrogen-bond acceptors (Lipinski definition) is 2. The largest absolute Gasteiger partial charge is 0.351 e. The second-order valence-electron chi connectivity index (χ2n) is 4.78. The Balaban J connectivity index is 1.60. The van der Waals surface area contributed by atoms with Crippen LogP contribution in [0.5, 0.6) is 0 Å². The van der Waals surface area contributed by atoms with E-state index in [0.717, 1.165) is 32.0 Å².